The van der Waals surface area contributed by atoms with E-state index in [2.05, 4.69) is 22.3 Å². The minimum atomic E-state index is 0.913. The van der Waals surface area contributed by atoms with Crippen molar-refractivity contribution in [2.24, 2.45) is 0 Å². The smallest absolute Gasteiger partial charge is 0.132 e. The Kier molecular flexibility index (Phi) is 5.36. The molecular formula is C14H22N2O2S. The van der Waals surface area contributed by atoms with E-state index in [4.69, 9.17) is 9.47 Å². The van der Waals surface area contributed by atoms with Crippen LogP contribution < -0.4 is 14.8 Å². The molecule has 0 amide bonds. The van der Waals surface area contributed by atoms with Gasteiger partial charge < -0.3 is 14.8 Å². The highest BCUT2D eigenvalue weighted by Gasteiger charge is 2.15. The van der Waals surface area contributed by atoms with E-state index in [9.17, 15) is 0 Å². The lowest BCUT2D eigenvalue weighted by molar-refractivity contribution is 0.229. The van der Waals surface area contributed by atoms with Gasteiger partial charge in [-0.05, 0) is 18.4 Å². The van der Waals surface area contributed by atoms with Gasteiger partial charge in [0, 0.05) is 38.3 Å². The van der Waals surface area contributed by atoms with E-state index < -0.39 is 0 Å². The summed E-state index contributed by atoms with van der Waals surface area (Å²) in [5, 5.41) is 3.37. The van der Waals surface area contributed by atoms with Gasteiger partial charge in [-0.2, -0.15) is 0 Å². The van der Waals surface area contributed by atoms with E-state index in [0.29, 0.717) is 0 Å². The molecule has 0 unspecified atom stereocenters. The Balaban J connectivity index is 2.21. The lowest BCUT2D eigenvalue weighted by Gasteiger charge is -2.28. The third-order valence-electron chi connectivity index (χ3n) is 3.39. The molecule has 4 nitrogen and oxygen atoms in total. The van der Waals surface area contributed by atoms with Gasteiger partial charge in [0.25, 0.3) is 0 Å². The summed E-state index contributed by atoms with van der Waals surface area (Å²) in [4.78, 5) is 3.55. The molecule has 1 N–H and O–H groups in total. The van der Waals surface area contributed by atoms with E-state index >= 15 is 0 Å². The molecular weight excluding hydrogens is 260 g/mol. The summed E-state index contributed by atoms with van der Waals surface area (Å²) in [6.07, 6.45) is 2.05. The Morgan fingerprint density at radius 1 is 1.16 bits per heavy atom. The van der Waals surface area contributed by atoms with Gasteiger partial charge >= 0.3 is 0 Å². The number of thioether (sulfide) groups is 1. The molecule has 1 aliphatic rings. The molecule has 1 aliphatic heterocycles. The van der Waals surface area contributed by atoms with Gasteiger partial charge in [0.2, 0.25) is 0 Å². The molecule has 1 fully saturated rings. The van der Waals surface area contributed by atoms with Crippen molar-refractivity contribution in [3.8, 4) is 11.5 Å². The molecule has 0 atom stereocenters. The zero-order valence-corrected chi connectivity index (χ0v) is 12.7. The highest BCUT2D eigenvalue weighted by Crippen LogP contribution is 2.35. The third kappa shape index (κ3) is 3.55. The lowest BCUT2D eigenvalue weighted by Crippen LogP contribution is -2.42. The number of hydrogen-bond donors (Lipinski definition) is 1. The number of nitrogens with zero attached hydrogens (tertiary/aromatic N) is 1. The van der Waals surface area contributed by atoms with Gasteiger partial charge in [-0.15, -0.1) is 11.8 Å². The summed E-state index contributed by atoms with van der Waals surface area (Å²) >= 11 is 1.68. The fourth-order valence-corrected chi connectivity index (χ4v) is 2.89. The van der Waals surface area contributed by atoms with Crippen molar-refractivity contribution >= 4 is 11.8 Å². The predicted molar refractivity (Wildman–Crippen MR) is 79.5 cm³/mol. The van der Waals surface area contributed by atoms with Gasteiger partial charge in [0.15, 0.2) is 0 Å². The molecule has 19 heavy (non-hydrogen) atoms. The number of benzene rings is 1. The van der Waals surface area contributed by atoms with Gasteiger partial charge in [-0.1, -0.05) is 0 Å². The molecule has 0 aliphatic carbocycles. The van der Waals surface area contributed by atoms with Crippen LogP contribution in [0.3, 0.4) is 0 Å². The van der Waals surface area contributed by atoms with Gasteiger partial charge in [-0.25, -0.2) is 0 Å². The van der Waals surface area contributed by atoms with E-state index in [1.807, 2.05) is 6.26 Å². The van der Waals surface area contributed by atoms with Crippen LogP contribution in [-0.2, 0) is 6.54 Å². The molecule has 1 aromatic carbocycles. The minimum Gasteiger partial charge on any atom is -0.496 e. The van der Waals surface area contributed by atoms with Crippen LogP contribution >= 0.6 is 11.8 Å². The molecule has 0 bridgehead atoms. The van der Waals surface area contributed by atoms with E-state index in [1.54, 1.807) is 26.0 Å². The third-order valence-corrected chi connectivity index (χ3v) is 4.15. The van der Waals surface area contributed by atoms with Crippen LogP contribution in [0.1, 0.15) is 5.56 Å². The number of methoxy groups -OCH3 is 2. The lowest BCUT2D eigenvalue weighted by atomic mass is 10.1. The maximum Gasteiger partial charge on any atom is 0.132 e. The average Bonchev–Trinajstić information content (AvgIpc) is 2.47. The molecule has 1 heterocycles. The summed E-state index contributed by atoms with van der Waals surface area (Å²) in [6.45, 7) is 5.19. The van der Waals surface area contributed by atoms with Gasteiger partial charge in [0.1, 0.15) is 11.5 Å². The maximum atomic E-state index is 5.52. The number of piperazine rings is 1. The fourth-order valence-electron chi connectivity index (χ4n) is 2.33. The van der Waals surface area contributed by atoms with E-state index in [0.717, 1.165) is 49.1 Å². The van der Waals surface area contributed by atoms with Crippen LogP contribution in [0.15, 0.2) is 17.0 Å². The highest BCUT2D eigenvalue weighted by atomic mass is 32.2. The molecule has 2 rings (SSSR count). The summed E-state index contributed by atoms with van der Waals surface area (Å²) in [5.41, 5.74) is 1.19. The number of nitrogens with one attached hydrogen (secondary N) is 1. The van der Waals surface area contributed by atoms with Crippen LogP contribution in [0.4, 0.5) is 0 Å². The van der Waals surface area contributed by atoms with Crippen molar-refractivity contribution < 1.29 is 9.47 Å². The predicted octanol–water partition coefficient (Wildman–Crippen LogP) is 1.83. The number of hydrogen-bond acceptors (Lipinski definition) is 5. The Hall–Kier alpha value is -0.910. The Morgan fingerprint density at radius 2 is 1.84 bits per heavy atom. The molecule has 0 spiro atoms. The van der Waals surface area contributed by atoms with Gasteiger partial charge in [-0.3, -0.25) is 4.90 Å². The standard InChI is InChI=1S/C14H22N2O2S/c1-17-12-9-14(19-3)13(18-2)8-11(12)10-16-6-4-15-5-7-16/h8-9,15H,4-7,10H2,1-3H3. The normalized spacial score (nSPS) is 16.4. The molecule has 0 aromatic heterocycles. The van der Waals surface area contributed by atoms with Crippen molar-refractivity contribution in [1.82, 2.24) is 10.2 Å². The Morgan fingerprint density at radius 3 is 2.42 bits per heavy atom. The van der Waals surface area contributed by atoms with Gasteiger partial charge in [0.05, 0.1) is 19.1 Å². The largest absolute Gasteiger partial charge is 0.496 e. The summed E-state index contributed by atoms with van der Waals surface area (Å²) in [5.74, 6) is 1.88. The second-order valence-corrected chi connectivity index (χ2v) is 5.39. The maximum absolute atomic E-state index is 5.52. The minimum absolute atomic E-state index is 0.913. The van der Waals surface area contributed by atoms with Crippen LogP contribution in [0.2, 0.25) is 0 Å². The number of rotatable bonds is 5. The topological polar surface area (TPSA) is 33.7 Å². The molecule has 106 valence electrons. The second-order valence-electron chi connectivity index (χ2n) is 4.55. The average molecular weight is 282 g/mol. The molecule has 5 heteroatoms. The first-order valence-electron chi connectivity index (χ1n) is 6.50. The zero-order valence-electron chi connectivity index (χ0n) is 11.9. The number of ether oxygens (including phenoxy) is 2. The first-order chi connectivity index (χ1) is 9.28. The zero-order chi connectivity index (χ0) is 13.7. The quantitative estimate of drug-likeness (QED) is 0.833. The summed E-state index contributed by atoms with van der Waals surface area (Å²) < 4.78 is 11.0. The van der Waals surface area contributed by atoms with Crippen molar-refractivity contribution in [3.05, 3.63) is 17.7 Å². The van der Waals surface area contributed by atoms with Crippen LogP contribution in [-0.4, -0.2) is 51.6 Å². The van der Waals surface area contributed by atoms with E-state index in [-0.39, 0.29) is 0 Å². The van der Waals surface area contributed by atoms with E-state index in [1.165, 1.54) is 5.56 Å². The molecule has 0 saturated carbocycles. The first kappa shape index (κ1) is 14.5. The monoisotopic (exact) mass is 282 g/mol. The Labute approximate surface area is 119 Å². The fraction of sp³-hybridized carbons (Fsp3) is 0.571. The van der Waals surface area contributed by atoms with Crippen LogP contribution in [0, 0.1) is 0 Å². The second kappa shape index (κ2) is 7.03. The van der Waals surface area contributed by atoms with Crippen molar-refractivity contribution in [2.45, 2.75) is 11.4 Å². The molecule has 1 aromatic rings. The SMILES string of the molecule is COc1cc(SC)c(OC)cc1CN1CCNCC1. The van der Waals surface area contributed by atoms with Crippen LogP contribution in [0.5, 0.6) is 11.5 Å². The summed E-state index contributed by atoms with van der Waals surface area (Å²) in [7, 11) is 3.45. The summed E-state index contributed by atoms with van der Waals surface area (Å²) in [6, 6.07) is 4.17. The highest BCUT2D eigenvalue weighted by molar-refractivity contribution is 7.98. The molecule has 1 saturated heterocycles. The van der Waals surface area contributed by atoms with Crippen LogP contribution in [0.25, 0.3) is 0 Å². The van der Waals surface area contributed by atoms with Crippen molar-refractivity contribution in [3.63, 3.8) is 0 Å². The van der Waals surface area contributed by atoms with Crippen molar-refractivity contribution in [1.29, 1.82) is 0 Å². The first-order valence-corrected chi connectivity index (χ1v) is 7.73. The molecule has 0 radical (unpaired) electrons. The van der Waals surface area contributed by atoms with Crippen molar-refractivity contribution in [2.75, 3.05) is 46.7 Å². The Bertz CT molecular complexity index is 420.